The van der Waals surface area contributed by atoms with Gasteiger partial charge >= 0.3 is 6.18 Å². The quantitative estimate of drug-likeness (QED) is 0.661. The molecular weight excluding hydrogens is 343 g/mol. The summed E-state index contributed by atoms with van der Waals surface area (Å²) < 4.78 is 41.1. The van der Waals surface area contributed by atoms with Crippen LogP contribution >= 0.6 is 0 Å². The first kappa shape index (κ1) is 16.9. The van der Waals surface area contributed by atoms with Crippen LogP contribution in [-0.2, 0) is 17.4 Å². The number of amides is 1. The van der Waals surface area contributed by atoms with E-state index < -0.39 is 11.9 Å². The number of nitrogens with zero attached hydrogens (tertiary/aromatic N) is 1. The molecule has 7 heteroatoms. The number of nitrogens with one attached hydrogen (secondary N) is 2. The Bertz CT molecular complexity index is 1020. The molecule has 1 aliphatic rings. The number of fused-ring (bicyclic) bond motifs is 5. The molecule has 136 valence electrons. The van der Waals surface area contributed by atoms with Gasteiger partial charge in [0.1, 0.15) is 0 Å². The normalized spacial score (nSPS) is 19.5. The smallest absolute Gasteiger partial charge is 0.353 e. The van der Waals surface area contributed by atoms with Crippen molar-refractivity contribution in [2.45, 2.75) is 38.9 Å². The average Bonchev–Trinajstić information content (AvgIpc) is 2.91. The summed E-state index contributed by atoms with van der Waals surface area (Å²) in [7, 11) is 0. The van der Waals surface area contributed by atoms with Crippen LogP contribution in [0.4, 0.5) is 13.2 Å². The van der Waals surface area contributed by atoms with Crippen molar-refractivity contribution in [3.05, 3.63) is 41.2 Å². The molecule has 4 rings (SSSR count). The molecule has 0 bridgehead atoms. The maximum Gasteiger partial charge on any atom is 0.435 e. The summed E-state index contributed by atoms with van der Waals surface area (Å²) in [5.41, 5.74) is 0.545. The summed E-state index contributed by atoms with van der Waals surface area (Å²) >= 11 is 0. The second kappa shape index (κ2) is 5.46. The highest BCUT2D eigenvalue weighted by Gasteiger charge is 2.41. The number of alkyl halides is 3. The molecular formula is C19H18F3N3O. The fourth-order valence-electron chi connectivity index (χ4n) is 4.11. The number of rotatable bonds is 2. The van der Waals surface area contributed by atoms with E-state index in [1.807, 2.05) is 13.8 Å². The van der Waals surface area contributed by atoms with E-state index >= 15 is 0 Å². The summed E-state index contributed by atoms with van der Waals surface area (Å²) in [6, 6.07) is 6.74. The van der Waals surface area contributed by atoms with Gasteiger partial charge in [0.25, 0.3) is 0 Å². The third kappa shape index (κ3) is 2.53. The van der Waals surface area contributed by atoms with Gasteiger partial charge in [0.2, 0.25) is 6.41 Å². The van der Waals surface area contributed by atoms with Crippen molar-refractivity contribution in [3.8, 4) is 0 Å². The molecule has 2 heterocycles. The highest BCUT2D eigenvalue weighted by atomic mass is 19.4. The zero-order chi connectivity index (χ0) is 18.7. The third-order valence-corrected chi connectivity index (χ3v) is 5.06. The van der Waals surface area contributed by atoms with Crippen molar-refractivity contribution in [2.24, 2.45) is 5.41 Å². The van der Waals surface area contributed by atoms with Crippen molar-refractivity contribution in [1.29, 1.82) is 0 Å². The van der Waals surface area contributed by atoms with Crippen molar-refractivity contribution < 1.29 is 18.0 Å². The maximum absolute atomic E-state index is 13.7. The highest BCUT2D eigenvalue weighted by molar-refractivity contribution is 6.10. The van der Waals surface area contributed by atoms with Gasteiger partial charge in [0.15, 0.2) is 5.69 Å². The molecule has 0 fully saturated rings. The number of hydrogen-bond acceptors (Lipinski definition) is 2. The van der Waals surface area contributed by atoms with Crippen molar-refractivity contribution in [2.75, 3.05) is 0 Å². The van der Waals surface area contributed by atoms with Crippen molar-refractivity contribution >= 4 is 28.2 Å². The van der Waals surface area contributed by atoms with E-state index in [0.29, 0.717) is 46.8 Å². The lowest BCUT2D eigenvalue weighted by Crippen LogP contribution is -2.34. The van der Waals surface area contributed by atoms with E-state index in [2.05, 4.69) is 15.3 Å². The molecule has 0 saturated carbocycles. The number of aromatic amines is 1. The molecule has 3 aromatic rings. The Morgan fingerprint density at radius 2 is 2.04 bits per heavy atom. The first-order chi connectivity index (χ1) is 12.2. The Morgan fingerprint density at radius 3 is 2.73 bits per heavy atom. The van der Waals surface area contributed by atoms with E-state index in [4.69, 9.17) is 0 Å². The molecule has 2 aromatic heterocycles. The average molecular weight is 361 g/mol. The molecule has 0 radical (unpaired) electrons. The standard InChI is InChI=1S/C19H18F3N3O/c1-18(2)7-12(23-9-26)15-13(8-18)25-17(19(20,21)22)16-14(15)10-5-3-4-6-11(10)24-16/h3-6,9,12,24H,7-8H2,1-2H3,(H,23,26)/t12-/m0/s1. The van der Waals surface area contributed by atoms with Gasteiger partial charge in [0.05, 0.1) is 11.6 Å². The Labute approximate surface area is 147 Å². The zero-order valence-corrected chi connectivity index (χ0v) is 14.4. The monoisotopic (exact) mass is 361 g/mol. The number of para-hydroxylation sites is 1. The maximum atomic E-state index is 13.7. The summed E-state index contributed by atoms with van der Waals surface area (Å²) in [6.45, 7) is 3.95. The lowest BCUT2D eigenvalue weighted by atomic mass is 9.72. The van der Waals surface area contributed by atoms with E-state index in [9.17, 15) is 18.0 Å². The SMILES string of the molecule is CC1(C)Cc2nc(C(F)(F)F)c3[nH]c4ccccc4c3c2[C@@H](NC=O)C1. The summed E-state index contributed by atoms with van der Waals surface area (Å²) in [4.78, 5) is 18.1. The number of H-pyrrole nitrogens is 1. The van der Waals surface area contributed by atoms with Crippen LogP contribution in [0.5, 0.6) is 0 Å². The van der Waals surface area contributed by atoms with Gasteiger partial charge in [-0.25, -0.2) is 4.98 Å². The molecule has 0 unspecified atom stereocenters. The van der Waals surface area contributed by atoms with Crippen LogP contribution in [0, 0.1) is 5.41 Å². The van der Waals surface area contributed by atoms with Crippen LogP contribution in [0.3, 0.4) is 0 Å². The van der Waals surface area contributed by atoms with Gasteiger partial charge in [0, 0.05) is 27.5 Å². The van der Waals surface area contributed by atoms with Crippen LogP contribution in [-0.4, -0.2) is 16.4 Å². The van der Waals surface area contributed by atoms with E-state index in [0.717, 1.165) is 0 Å². The van der Waals surface area contributed by atoms with E-state index in [1.54, 1.807) is 24.3 Å². The molecule has 1 amide bonds. The number of halogens is 3. The number of pyridine rings is 1. The fourth-order valence-corrected chi connectivity index (χ4v) is 4.11. The van der Waals surface area contributed by atoms with Gasteiger partial charge in [-0.3, -0.25) is 4.79 Å². The van der Waals surface area contributed by atoms with Gasteiger partial charge in [-0.05, 0) is 24.3 Å². The van der Waals surface area contributed by atoms with Crippen molar-refractivity contribution in [3.63, 3.8) is 0 Å². The van der Waals surface area contributed by atoms with Gasteiger partial charge in [-0.1, -0.05) is 32.0 Å². The molecule has 0 aliphatic heterocycles. The van der Waals surface area contributed by atoms with Gasteiger partial charge in [-0.15, -0.1) is 0 Å². The summed E-state index contributed by atoms with van der Waals surface area (Å²) in [6.07, 6.45) is -2.89. The number of carbonyl (C=O) groups excluding carboxylic acids is 1. The molecule has 1 aliphatic carbocycles. The first-order valence-corrected chi connectivity index (χ1v) is 8.41. The van der Waals surface area contributed by atoms with E-state index in [-0.39, 0.29) is 17.0 Å². The number of benzene rings is 1. The lowest BCUT2D eigenvalue weighted by molar-refractivity contribution is -0.140. The topological polar surface area (TPSA) is 57.8 Å². The van der Waals surface area contributed by atoms with Gasteiger partial charge in [-0.2, -0.15) is 13.2 Å². The predicted octanol–water partition coefficient (Wildman–Crippen LogP) is 4.49. The van der Waals surface area contributed by atoms with E-state index in [1.165, 1.54) is 0 Å². The number of aromatic nitrogens is 2. The molecule has 0 saturated heterocycles. The second-order valence-electron chi connectivity index (χ2n) is 7.62. The first-order valence-electron chi connectivity index (χ1n) is 8.41. The van der Waals surface area contributed by atoms with Crippen LogP contribution in [0.15, 0.2) is 24.3 Å². The van der Waals surface area contributed by atoms with Gasteiger partial charge < -0.3 is 10.3 Å². The Balaban J connectivity index is 2.16. The van der Waals surface area contributed by atoms with Crippen LogP contribution < -0.4 is 5.32 Å². The highest BCUT2D eigenvalue weighted by Crippen LogP contribution is 2.47. The predicted molar refractivity (Wildman–Crippen MR) is 92.6 cm³/mol. The Morgan fingerprint density at radius 1 is 1.31 bits per heavy atom. The Hall–Kier alpha value is -2.57. The number of hydrogen-bond donors (Lipinski definition) is 2. The minimum absolute atomic E-state index is 0.0187. The zero-order valence-electron chi connectivity index (χ0n) is 14.4. The minimum Gasteiger partial charge on any atom is -0.353 e. The summed E-state index contributed by atoms with van der Waals surface area (Å²) in [5, 5.41) is 4.00. The van der Waals surface area contributed by atoms with Crippen LogP contribution in [0.2, 0.25) is 0 Å². The molecule has 0 spiro atoms. The second-order valence-corrected chi connectivity index (χ2v) is 7.62. The molecule has 1 atom stereocenters. The molecule has 2 N–H and O–H groups in total. The summed E-state index contributed by atoms with van der Waals surface area (Å²) in [5.74, 6) is 0. The van der Waals surface area contributed by atoms with Crippen LogP contribution in [0.1, 0.15) is 43.3 Å². The number of carbonyl (C=O) groups is 1. The molecule has 26 heavy (non-hydrogen) atoms. The van der Waals surface area contributed by atoms with Crippen molar-refractivity contribution in [1.82, 2.24) is 15.3 Å². The minimum atomic E-state index is -4.57. The van der Waals surface area contributed by atoms with Crippen LogP contribution in [0.25, 0.3) is 21.8 Å². The lowest BCUT2D eigenvalue weighted by Gasteiger charge is -2.37. The largest absolute Gasteiger partial charge is 0.435 e. The molecule has 1 aromatic carbocycles. The third-order valence-electron chi connectivity index (χ3n) is 5.06. The molecule has 4 nitrogen and oxygen atoms in total. The Kier molecular flexibility index (Phi) is 3.54. The fraction of sp³-hybridized carbons (Fsp3) is 0.368.